The Hall–Kier alpha value is -3.21. The molecule has 0 fully saturated rings. The first-order valence-electron chi connectivity index (χ1n) is 7.34. The van der Waals surface area contributed by atoms with Crippen LogP contribution in [0.4, 0.5) is 17.1 Å². The number of sulfonamides is 1. The van der Waals surface area contributed by atoms with Gasteiger partial charge in [-0.1, -0.05) is 6.07 Å². The topological polar surface area (TPSA) is 144 Å². The summed E-state index contributed by atoms with van der Waals surface area (Å²) in [5.41, 5.74) is -1.19. The molecule has 0 spiro atoms. The Bertz CT molecular complexity index is 989. The summed E-state index contributed by atoms with van der Waals surface area (Å²) in [4.78, 5) is 20.3. The van der Waals surface area contributed by atoms with Gasteiger partial charge in [0.25, 0.3) is 21.4 Å². The summed E-state index contributed by atoms with van der Waals surface area (Å²) in [6.07, 6.45) is 0. The van der Waals surface area contributed by atoms with Crippen molar-refractivity contribution in [1.82, 2.24) is 0 Å². The molecule has 1 N–H and O–H groups in total. The van der Waals surface area contributed by atoms with Crippen molar-refractivity contribution >= 4 is 27.1 Å². The van der Waals surface area contributed by atoms with E-state index in [9.17, 15) is 33.8 Å². The predicted molar refractivity (Wildman–Crippen MR) is 92.8 cm³/mol. The zero-order valence-corrected chi connectivity index (χ0v) is 14.6. The van der Waals surface area contributed by atoms with Crippen molar-refractivity contribution in [3.63, 3.8) is 0 Å². The van der Waals surface area contributed by atoms with Gasteiger partial charge in [-0.25, -0.2) is 8.42 Å². The molecular formula is C15H15N3O7S. The number of benzene rings is 2. The molecule has 11 heteroatoms. The van der Waals surface area contributed by atoms with E-state index in [2.05, 4.69) is 0 Å². The van der Waals surface area contributed by atoms with Crippen molar-refractivity contribution in [2.45, 2.75) is 18.7 Å². The van der Waals surface area contributed by atoms with Crippen LogP contribution in [0.15, 0.2) is 41.3 Å². The Morgan fingerprint density at radius 3 is 2.27 bits per heavy atom. The summed E-state index contributed by atoms with van der Waals surface area (Å²) in [6, 6.07) is 6.50. The van der Waals surface area contributed by atoms with Crippen molar-refractivity contribution in [2.24, 2.45) is 0 Å². The van der Waals surface area contributed by atoms with Crippen LogP contribution in [0.1, 0.15) is 12.5 Å². The molecule has 10 nitrogen and oxygen atoms in total. The number of nitro groups is 2. The van der Waals surface area contributed by atoms with Crippen LogP contribution in [0.5, 0.6) is 5.75 Å². The number of aryl methyl sites for hydroxylation is 1. The van der Waals surface area contributed by atoms with Crippen LogP contribution in [-0.4, -0.2) is 29.9 Å². The third-order valence-electron chi connectivity index (χ3n) is 3.66. The Labute approximate surface area is 148 Å². The monoisotopic (exact) mass is 381 g/mol. The van der Waals surface area contributed by atoms with Gasteiger partial charge in [0.05, 0.1) is 20.8 Å². The fourth-order valence-electron chi connectivity index (χ4n) is 2.44. The molecule has 26 heavy (non-hydrogen) atoms. The molecule has 0 amide bonds. The van der Waals surface area contributed by atoms with Crippen LogP contribution in [0.3, 0.4) is 0 Å². The summed E-state index contributed by atoms with van der Waals surface area (Å²) >= 11 is 0. The summed E-state index contributed by atoms with van der Waals surface area (Å²) in [6.45, 7) is 2.83. The average Bonchev–Trinajstić information content (AvgIpc) is 2.57. The quantitative estimate of drug-likeness (QED) is 0.598. The summed E-state index contributed by atoms with van der Waals surface area (Å²) in [5, 5.41) is 31.8. The van der Waals surface area contributed by atoms with Crippen LogP contribution in [-0.2, 0) is 10.0 Å². The van der Waals surface area contributed by atoms with Gasteiger partial charge in [-0.2, -0.15) is 0 Å². The van der Waals surface area contributed by atoms with Gasteiger partial charge in [-0.05, 0) is 31.5 Å². The largest absolute Gasteiger partial charge is 0.508 e. The molecule has 0 heterocycles. The maximum atomic E-state index is 13.0. The van der Waals surface area contributed by atoms with Crippen molar-refractivity contribution in [3.8, 4) is 5.75 Å². The van der Waals surface area contributed by atoms with E-state index in [4.69, 9.17) is 0 Å². The average molecular weight is 381 g/mol. The molecule has 2 rings (SSSR count). The molecule has 2 aromatic rings. The summed E-state index contributed by atoms with van der Waals surface area (Å²) in [5.74, 6) is -0.275. The molecule has 0 aliphatic carbocycles. The van der Waals surface area contributed by atoms with Gasteiger partial charge in [0.1, 0.15) is 11.4 Å². The van der Waals surface area contributed by atoms with Gasteiger partial charge in [0.15, 0.2) is 0 Å². The fraction of sp³-hybridized carbons (Fsp3) is 0.200. The minimum Gasteiger partial charge on any atom is -0.508 e. The lowest BCUT2D eigenvalue weighted by Gasteiger charge is -2.23. The highest BCUT2D eigenvalue weighted by molar-refractivity contribution is 7.92. The first-order chi connectivity index (χ1) is 12.1. The lowest BCUT2D eigenvalue weighted by atomic mass is 10.2. The molecule has 0 radical (unpaired) electrons. The SMILES string of the molecule is CCN(c1ccc([N+](=O)[O-])cc1[N+](=O)[O-])S(=O)(=O)c1cc(O)ccc1C. The van der Waals surface area contributed by atoms with Crippen molar-refractivity contribution in [2.75, 3.05) is 10.8 Å². The second-order valence-corrected chi connectivity index (χ2v) is 7.14. The molecule has 0 saturated carbocycles. The maximum Gasteiger partial charge on any atom is 0.300 e. The van der Waals surface area contributed by atoms with E-state index >= 15 is 0 Å². The van der Waals surface area contributed by atoms with Gasteiger partial charge in [0, 0.05) is 18.7 Å². The fourth-order valence-corrected chi connectivity index (χ4v) is 4.17. The van der Waals surface area contributed by atoms with Crippen molar-refractivity contribution in [3.05, 3.63) is 62.2 Å². The third kappa shape index (κ3) is 3.42. The van der Waals surface area contributed by atoms with E-state index in [1.807, 2.05) is 0 Å². The van der Waals surface area contributed by atoms with Crippen LogP contribution in [0.2, 0.25) is 0 Å². The molecule has 2 aromatic carbocycles. The standard InChI is InChI=1S/C15H15N3O7S/c1-3-16(26(24,25)15-9-12(19)6-4-10(15)2)13-7-5-11(17(20)21)8-14(13)18(22)23/h4-9,19H,3H2,1-2H3. The number of phenols is 1. The highest BCUT2D eigenvalue weighted by atomic mass is 32.2. The number of nitrogens with zero attached hydrogens (tertiary/aromatic N) is 3. The number of hydrogen-bond acceptors (Lipinski definition) is 7. The number of nitro benzene ring substituents is 2. The van der Waals surface area contributed by atoms with Crippen molar-refractivity contribution in [1.29, 1.82) is 0 Å². The van der Waals surface area contributed by atoms with Gasteiger partial charge >= 0.3 is 0 Å². The molecule has 0 aliphatic heterocycles. The highest BCUT2D eigenvalue weighted by Gasteiger charge is 2.32. The molecule has 0 aromatic heterocycles. The van der Waals surface area contributed by atoms with Crippen molar-refractivity contribution < 1.29 is 23.4 Å². The van der Waals surface area contributed by atoms with Crippen LogP contribution >= 0.6 is 0 Å². The Kier molecular flexibility index (Phi) is 5.12. The molecular weight excluding hydrogens is 366 g/mol. The van der Waals surface area contributed by atoms with Gasteiger partial charge in [-0.3, -0.25) is 24.5 Å². The van der Waals surface area contributed by atoms with Gasteiger partial charge < -0.3 is 5.11 Å². The normalized spacial score (nSPS) is 11.2. The number of aromatic hydroxyl groups is 1. The number of anilines is 1. The number of phenolic OH excluding ortho intramolecular Hbond substituents is 1. The minimum absolute atomic E-state index is 0.157. The van der Waals surface area contributed by atoms with E-state index in [1.54, 1.807) is 0 Å². The van der Waals surface area contributed by atoms with E-state index in [0.29, 0.717) is 11.6 Å². The smallest absolute Gasteiger partial charge is 0.300 e. The number of rotatable bonds is 6. The predicted octanol–water partition coefficient (Wildman–Crippen LogP) is 2.73. The molecule has 138 valence electrons. The number of non-ortho nitro benzene ring substituents is 1. The first-order valence-corrected chi connectivity index (χ1v) is 8.78. The second kappa shape index (κ2) is 6.96. The summed E-state index contributed by atoms with van der Waals surface area (Å²) in [7, 11) is -4.25. The van der Waals surface area contributed by atoms with E-state index in [0.717, 1.165) is 22.5 Å². The molecule has 0 saturated heterocycles. The van der Waals surface area contributed by atoms with Gasteiger partial charge in [-0.15, -0.1) is 0 Å². The summed E-state index contributed by atoms with van der Waals surface area (Å²) < 4.78 is 26.8. The molecule has 0 bridgehead atoms. The third-order valence-corrected chi connectivity index (χ3v) is 5.69. The maximum absolute atomic E-state index is 13.0. The van der Waals surface area contributed by atoms with Crippen LogP contribution in [0.25, 0.3) is 0 Å². The van der Waals surface area contributed by atoms with Crippen LogP contribution in [0, 0.1) is 27.2 Å². The Balaban J connectivity index is 2.70. The Morgan fingerprint density at radius 1 is 1.08 bits per heavy atom. The Morgan fingerprint density at radius 2 is 1.73 bits per heavy atom. The molecule has 0 unspecified atom stereocenters. The van der Waals surface area contributed by atoms with Gasteiger partial charge in [0.2, 0.25) is 0 Å². The van der Waals surface area contributed by atoms with E-state index in [1.165, 1.54) is 26.0 Å². The number of hydrogen-bond donors (Lipinski definition) is 1. The highest BCUT2D eigenvalue weighted by Crippen LogP contribution is 2.36. The van der Waals surface area contributed by atoms with E-state index < -0.39 is 31.2 Å². The minimum atomic E-state index is -4.25. The molecule has 0 aliphatic rings. The lowest BCUT2D eigenvalue weighted by Crippen LogP contribution is -2.31. The van der Waals surface area contributed by atoms with E-state index in [-0.39, 0.29) is 22.9 Å². The second-order valence-electron chi connectivity index (χ2n) is 5.31. The molecule has 0 atom stereocenters. The zero-order valence-electron chi connectivity index (χ0n) is 13.8. The lowest BCUT2D eigenvalue weighted by molar-refractivity contribution is -0.393. The zero-order chi connectivity index (χ0) is 19.6. The van der Waals surface area contributed by atoms with Crippen LogP contribution < -0.4 is 4.31 Å². The first kappa shape index (κ1) is 19.1.